The fraction of sp³-hybridized carbons (Fsp3) is 0.476. The van der Waals surface area contributed by atoms with Gasteiger partial charge in [0, 0.05) is 18.0 Å². The van der Waals surface area contributed by atoms with Gasteiger partial charge in [-0.1, -0.05) is 19.9 Å². The SMILES string of the molecule is CCC1c2ccsc2CCN1C(=O)CN(CC)Cc1ccc2c(c1)OCO2. The molecule has 3 heterocycles. The predicted molar refractivity (Wildman–Crippen MR) is 106 cm³/mol. The molecular formula is C21H26N2O3S. The third kappa shape index (κ3) is 3.69. The van der Waals surface area contributed by atoms with Crippen molar-refractivity contribution in [2.24, 2.45) is 0 Å². The molecule has 4 rings (SSSR count). The van der Waals surface area contributed by atoms with Gasteiger partial charge in [0.05, 0.1) is 12.6 Å². The zero-order valence-electron chi connectivity index (χ0n) is 15.9. The van der Waals surface area contributed by atoms with Crippen LogP contribution in [-0.2, 0) is 17.8 Å². The average Bonchev–Trinajstić information content (AvgIpc) is 3.34. The molecule has 0 bridgehead atoms. The monoisotopic (exact) mass is 386 g/mol. The van der Waals surface area contributed by atoms with Gasteiger partial charge in [0.25, 0.3) is 0 Å². The van der Waals surface area contributed by atoms with E-state index in [2.05, 4.69) is 35.1 Å². The average molecular weight is 387 g/mol. The second kappa shape index (κ2) is 7.90. The third-order valence-corrected chi connectivity index (χ3v) is 6.45. The first-order valence-electron chi connectivity index (χ1n) is 9.66. The van der Waals surface area contributed by atoms with Crippen LogP contribution in [0.4, 0.5) is 0 Å². The molecule has 0 spiro atoms. The molecule has 1 unspecified atom stereocenters. The first kappa shape index (κ1) is 18.3. The standard InChI is InChI=1S/C21H26N2O3S/c1-3-17-16-8-10-27-20(16)7-9-23(17)21(24)13-22(4-2)12-15-5-6-18-19(11-15)26-14-25-18/h5-6,8,10-11,17H,3-4,7,9,12-14H2,1-2H3. The molecule has 27 heavy (non-hydrogen) atoms. The zero-order valence-corrected chi connectivity index (χ0v) is 16.8. The van der Waals surface area contributed by atoms with Crippen LogP contribution in [0, 0.1) is 0 Å². The number of benzene rings is 1. The molecule has 144 valence electrons. The largest absolute Gasteiger partial charge is 0.454 e. The number of thiophene rings is 1. The maximum atomic E-state index is 13.1. The fourth-order valence-electron chi connectivity index (χ4n) is 3.99. The van der Waals surface area contributed by atoms with Gasteiger partial charge in [0.15, 0.2) is 11.5 Å². The van der Waals surface area contributed by atoms with Gasteiger partial charge in [0.2, 0.25) is 12.7 Å². The number of ether oxygens (including phenoxy) is 2. The van der Waals surface area contributed by atoms with Crippen LogP contribution >= 0.6 is 11.3 Å². The molecule has 1 atom stereocenters. The fourth-order valence-corrected chi connectivity index (χ4v) is 4.92. The number of carbonyl (C=O) groups excluding carboxylic acids is 1. The molecule has 6 heteroatoms. The lowest BCUT2D eigenvalue weighted by atomic mass is 9.97. The second-order valence-electron chi connectivity index (χ2n) is 7.05. The summed E-state index contributed by atoms with van der Waals surface area (Å²) in [5.74, 6) is 1.81. The van der Waals surface area contributed by atoms with Gasteiger partial charge in [-0.05, 0) is 54.1 Å². The van der Waals surface area contributed by atoms with Crippen LogP contribution in [0.5, 0.6) is 11.5 Å². The predicted octanol–water partition coefficient (Wildman–Crippen LogP) is 3.83. The number of likely N-dealkylation sites (N-methyl/N-ethyl adjacent to an activating group) is 1. The number of nitrogens with zero attached hydrogens (tertiary/aromatic N) is 2. The highest BCUT2D eigenvalue weighted by Gasteiger charge is 2.30. The number of amides is 1. The van der Waals surface area contributed by atoms with E-state index in [0.717, 1.165) is 49.5 Å². The van der Waals surface area contributed by atoms with Crippen molar-refractivity contribution in [3.63, 3.8) is 0 Å². The maximum absolute atomic E-state index is 13.1. The van der Waals surface area contributed by atoms with Crippen molar-refractivity contribution in [1.82, 2.24) is 9.80 Å². The normalized spacial score (nSPS) is 18.0. The van der Waals surface area contributed by atoms with Crippen LogP contribution in [0.3, 0.4) is 0 Å². The van der Waals surface area contributed by atoms with Crippen LogP contribution in [0.1, 0.15) is 42.3 Å². The van der Waals surface area contributed by atoms with Gasteiger partial charge in [-0.3, -0.25) is 9.69 Å². The summed E-state index contributed by atoms with van der Waals surface area (Å²) in [7, 11) is 0. The summed E-state index contributed by atoms with van der Waals surface area (Å²) in [4.78, 5) is 18.8. The molecule has 0 radical (unpaired) electrons. The summed E-state index contributed by atoms with van der Waals surface area (Å²) in [6, 6.07) is 8.43. The Bertz CT molecular complexity index is 820. The smallest absolute Gasteiger partial charge is 0.237 e. The number of fused-ring (bicyclic) bond motifs is 2. The van der Waals surface area contributed by atoms with Crippen molar-refractivity contribution in [2.45, 2.75) is 39.3 Å². The summed E-state index contributed by atoms with van der Waals surface area (Å²) < 4.78 is 10.8. The Kier molecular flexibility index (Phi) is 5.36. The molecule has 1 amide bonds. The lowest BCUT2D eigenvalue weighted by Gasteiger charge is -2.36. The van der Waals surface area contributed by atoms with Gasteiger partial charge < -0.3 is 14.4 Å². The van der Waals surface area contributed by atoms with E-state index in [-0.39, 0.29) is 18.7 Å². The van der Waals surface area contributed by atoms with Gasteiger partial charge in [-0.2, -0.15) is 0 Å². The van der Waals surface area contributed by atoms with Gasteiger partial charge in [0.1, 0.15) is 0 Å². The highest BCUT2D eigenvalue weighted by Crippen LogP contribution is 2.35. The van der Waals surface area contributed by atoms with Gasteiger partial charge in [-0.25, -0.2) is 0 Å². The van der Waals surface area contributed by atoms with E-state index >= 15 is 0 Å². The Hall–Kier alpha value is -2.05. The molecule has 0 fully saturated rings. The number of hydrogen-bond acceptors (Lipinski definition) is 5. The zero-order chi connectivity index (χ0) is 18.8. The summed E-state index contributed by atoms with van der Waals surface area (Å²) >= 11 is 1.82. The molecule has 0 aliphatic carbocycles. The van der Waals surface area contributed by atoms with E-state index < -0.39 is 0 Å². The molecule has 1 aromatic carbocycles. The number of carbonyl (C=O) groups is 1. The van der Waals surface area contributed by atoms with E-state index in [1.54, 1.807) is 0 Å². The lowest BCUT2D eigenvalue weighted by molar-refractivity contribution is -0.135. The summed E-state index contributed by atoms with van der Waals surface area (Å²) in [5.41, 5.74) is 2.49. The van der Waals surface area contributed by atoms with Gasteiger partial charge in [-0.15, -0.1) is 11.3 Å². The number of hydrogen-bond donors (Lipinski definition) is 0. The molecule has 0 saturated carbocycles. The van der Waals surface area contributed by atoms with Gasteiger partial charge >= 0.3 is 0 Å². The molecule has 2 aliphatic rings. The summed E-state index contributed by atoms with van der Waals surface area (Å²) in [6.07, 6.45) is 1.94. The highest BCUT2D eigenvalue weighted by atomic mass is 32.1. The van der Waals surface area contributed by atoms with E-state index in [1.807, 2.05) is 29.5 Å². The quantitative estimate of drug-likeness (QED) is 0.757. The van der Waals surface area contributed by atoms with E-state index in [1.165, 1.54) is 10.4 Å². The Morgan fingerprint density at radius 2 is 2.11 bits per heavy atom. The number of rotatable bonds is 6. The first-order chi connectivity index (χ1) is 13.2. The summed E-state index contributed by atoms with van der Waals surface area (Å²) in [5, 5.41) is 2.15. The van der Waals surface area contributed by atoms with Crippen molar-refractivity contribution in [1.29, 1.82) is 0 Å². The minimum atomic E-state index is 0.219. The van der Waals surface area contributed by atoms with E-state index in [9.17, 15) is 4.79 Å². The molecule has 2 aromatic rings. The lowest BCUT2D eigenvalue weighted by Crippen LogP contribution is -2.44. The molecular weight excluding hydrogens is 360 g/mol. The minimum Gasteiger partial charge on any atom is -0.454 e. The van der Waals surface area contributed by atoms with Crippen LogP contribution in [-0.4, -0.2) is 42.1 Å². The van der Waals surface area contributed by atoms with Crippen molar-refractivity contribution in [3.8, 4) is 11.5 Å². The van der Waals surface area contributed by atoms with Crippen molar-refractivity contribution >= 4 is 17.2 Å². The molecule has 0 N–H and O–H groups in total. The van der Waals surface area contributed by atoms with Crippen LogP contribution in [0.25, 0.3) is 0 Å². The Morgan fingerprint density at radius 1 is 1.26 bits per heavy atom. The topological polar surface area (TPSA) is 42.0 Å². The highest BCUT2D eigenvalue weighted by molar-refractivity contribution is 7.10. The Balaban J connectivity index is 1.43. The van der Waals surface area contributed by atoms with Crippen molar-refractivity contribution in [2.75, 3.05) is 26.4 Å². The van der Waals surface area contributed by atoms with Crippen molar-refractivity contribution in [3.05, 3.63) is 45.6 Å². The maximum Gasteiger partial charge on any atom is 0.237 e. The van der Waals surface area contributed by atoms with E-state index in [4.69, 9.17) is 9.47 Å². The molecule has 1 aromatic heterocycles. The molecule has 0 saturated heterocycles. The van der Waals surface area contributed by atoms with Crippen LogP contribution < -0.4 is 9.47 Å². The van der Waals surface area contributed by atoms with Crippen molar-refractivity contribution < 1.29 is 14.3 Å². The van der Waals surface area contributed by atoms with Crippen LogP contribution in [0.15, 0.2) is 29.6 Å². The van der Waals surface area contributed by atoms with Crippen LogP contribution in [0.2, 0.25) is 0 Å². The Morgan fingerprint density at radius 3 is 2.93 bits per heavy atom. The molecule has 2 aliphatic heterocycles. The Labute approximate surface area is 164 Å². The minimum absolute atomic E-state index is 0.219. The molecule has 5 nitrogen and oxygen atoms in total. The first-order valence-corrected chi connectivity index (χ1v) is 10.5. The second-order valence-corrected chi connectivity index (χ2v) is 8.05. The third-order valence-electron chi connectivity index (χ3n) is 5.45. The van der Waals surface area contributed by atoms with E-state index in [0.29, 0.717) is 6.54 Å². The summed E-state index contributed by atoms with van der Waals surface area (Å²) in [6.45, 7) is 7.38.